The van der Waals surface area contributed by atoms with Crippen molar-refractivity contribution in [3.63, 3.8) is 0 Å². The van der Waals surface area contributed by atoms with Gasteiger partial charge in [-0.1, -0.05) is 19.1 Å². The quantitative estimate of drug-likeness (QED) is 0.596. The molecule has 3 saturated heterocycles. The first-order valence-corrected chi connectivity index (χ1v) is 12.4. The number of nitrogens with one attached hydrogen (secondary N) is 1. The molecule has 4 rings (SSSR count). The zero-order valence-corrected chi connectivity index (χ0v) is 19.8. The summed E-state index contributed by atoms with van der Waals surface area (Å²) in [5.41, 5.74) is 1.55. The van der Waals surface area contributed by atoms with Crippen molar-refractivity contribution in [3.05, 3.63) is 35.4 Å². The van der Waals surface area contributed by atoms with E-state index >= 15 is 0 Å². The molecule has 3 aliphatic rings. The molecule has 1 N–H and O–H groups in total. The Morgan fingerprint density at radius 2 is 1.73 bits per heavy atom. The predicted molar refractivity (Wildman–Crippen MR) is 127 cm³/mol. The van der Waals surface area contributed by atoms with Gasteiger partial charge in [0.15, 0.2) is 0 Å². The summed E-state index contributed by atoms with van der Waals surface area (Å²) in [4.78, 5) is 46.1. The van der Waals surface area contributed by atoms with Crippen LogP contribution in [-0.4, -0.2) is 102 Å². The molecular formula is C25H37N5O3. The molecule has 3 aliphatic heterocycles. The number of likely N-dealkylation sites (N-methyl/N-ethyl adjacent to an activating group) is 1. The van der Waals surface area contributed by atoms with E-state index in [2.05, 4.69) is 22.0 Å². The molecule has 8 heteroatoms. The lowest BCUT2D eigenvalue weighted by atomic mass is 9.98. The molecule has 0 saturated carbocycles. The van der Waals surface area contributed by atoms with E-state index in [0.29, 0.717) is 25.2 Å². The zero-order chi connectivity index (χ0) is 23.2. The molecule has 0 aromatic heterocycles. The lowest BCUT2D eigenvalue weighted by Gasteiger charge is -2.42. The van der Waals surface area contributed by atoms with Crippen molar-refractivity contribution in [1.29, 1.82) is 0 Å². The summed E-state index contributed by atoms with van der Waals surface area (Å²) in [5, 5.41) is 3.01. The van der Waals surface area contributed by atoms with E-state index in [1.54, 1.807) is 21.9 Å². The van der Waals surface area contributed by atoms with Crippen LogP contribution in [0, 0.1) is 0 Å². The Kier molecular flexibility index (Phi) is 7.98. The first kappa shape index (κ1) is 23.7. The van der Waals surface area contributed by atoms with Crippen LogP contribution in [0.2, 0.25) is 0 Å². The molecule has 0 radical (unpaired) electrons. The molecule has 0 unspecified atom stereocenters. The van der Waals surface area contributed by atoms with Crippen LogP contribution in [0.1, 0.15) is 48.5 Å². The average molecular weight is 456 g/mol. The Hall–Kier alpha value is -2.45. The smallest absolute Gasteiger partial charge is 0.251 e. The molecule has 1 atom stereocenters. The van der Waals surface area contributed by atoms with Gasteiger partial charge in [-0.3, -0.25) is 14.4 Å². The van der Waals surface area contributed by atoms with Crippen molar-refractivity contribution < 1.29 is 14.4 Å². The van der Waals surface area contributed by atoms with Crippen molar-refractivity contribution >= 4 is 17.7 Å². The summed E-state index contributed by atoms with van der Waals surface area (Å²) >= 11 is 0. The number of hydrogen-bond acceptors (Lipinski definition) is 5. The topological polar surface area (TPSA) is 76.2 Å². The van der Waals surface area contributed by atoms with Gasteiger partial charge in [0.2, 0.25) is 11.8 Å². The normalized spacial score (nSPS) is 22.4. The van der Waals surface area contributed by atoms with Gasteiger partial charge in [-0.15, -0.1) is 0 Å². The highest BCUT2D eigenvalue weighted by Gasteiger charge is 2.40. The maximum Gasteiger partial charge on any atom is 0.251 e. The Morgan fingerprint density at radius 1 is 1.00 bits per heavy atom. The van der Waals surface area contributed by atoms with Crippen molar-refractivity contribution in [2.45, 2.75) is 45.2 Å². The maximum atomic E-state index is 12.8. The second kappa shape index (κ2) is 11.1. The Labute approximate surface area is 196 Å². The third-order valence-electron chi connectivity index (χ3n) is 7.18. The fraction of sp³-hybridized carbons (Fsp3) is 0.640. The number of piperazine rings is 2. The summed E-state index contributed by atoms with van der Waals surface area (Å²) in [6.45, 7) is 10.7. The van der Waals surface area contributed by atoms with Crippen LogP contribution in [0.25, 0.3) is 0 Å². The van der Waals surface area contributed by atoms with Crippen LogP contribution in [0.3, 0.4) is 0 Å². The fourth-order valence-corrected chi connectivity index (χ4v) is 5.08. The lowest BCUT2D eigenvalue weighted by molar-refractivity contribution is -0.158. The number of fused-ring (bicyclic) bond motifs is 1. The number of amides is 3. The van der Waals surface area contributed by atoms with Crippen molar-refractivity contribution in [3.8, 4) is 0 Å². The second-order valence-corrected chi connectivity index (χ2v) is 9.38. The summed E-state index contributed by atoms with van der Waals surface area (Å²) < 4.78 is 0. The van der Waals surface area contributed by atoms with E-state index in [0.717, 1.165) is 70.5 Å². The maximum absolute atomic E-state index is 12.8. The Balaban J connectivity index is 1.21. The molecule has 180 valence electrons. The molecule has 3 amide bonds. The fourth-order valence-electron chi connectivity index (χ4n) is 5.08. The first-order chi connectivity index (χ1) is 16.0. The number of hydrogen-bond donors (Lipinski definition) is 1. The Bertz CT molecular complexity index is 835. The number of nitrogens with zero attached hydrogens (tertiary/aromatic N) is 4. The molecule has 33 heavy (non-hydrogen) atoms. The highest BCUT2D eigenvalue weighted by Crippen LogP contribution is 2.24. The number of carbonyl (C=O) groups is 3. The monoisotopic (exact) mass is 455 g/mol. The molecule has 3 heterocycles. The second-order valence-electron chi connectivity index (χ2n) is 9.38. The first-order valence-electron chi connectivity index (χ1n) is 12.4. The van der Waals surface area contributed by atoms with Crippen molar-refractivity contribution in [2.75, 3.05) is 58.9 Å². The van der Waals surface area contributed by atoms with Gasteiger partial charge in [0.05, 0.1) is 0 Å². The lowest BCUT2D eigenvalue weighted by Crippen LogP contribution is -2.60. The van der Waals surface area contributed by atoms with Gasteiger partial charge in [0.25, 0.3) is 5.91 Å². The van der Waals surface area contributed by atoms with Crippen LogP contribution >= 0.6 is 0 Å². The van der Waals surface area contributed by atoms with Crippen LogP contribution in [0.5, 0.6) is 0 Å². The van der Waals surface area contributed by atoms with Gasteiger partial charge in [0, 0.05) is 51.4 Å². The average Bonchev–Trinajstić information content (AvgIpc) is 2.85. The van der Waals surface area contributed by atoms with Crippen LogP contribution in [0.4, 0.5) is 0 Å². The molecule has 0 spiro atoms. The molecule has 3 fully saturated rings. The minimum Gasteiger partial charge on any atom is -0.352 e. The standard InChI is InChI=1S/C25H37N5O3/c1-2-27-14-16-28(17-15-27)12-5-11-26-24(32)21-9-7-20(8-10-21)18-29-19-23(31)30-13-4-3-6-22(30)25(29)33/h7-10,22H,2-6,11-19H2,1H3,(H,26,32)/t22-/m1/s1. The third kappa shape index (κ3) is 5.92. The van der Waals surface area contributed by atoms with Gasteiger partial charge in [0.1, 0.15) is 12.6 Å². The van der Waals surface area contributed by atoms with Gasteiger partial charge >= 0.3 is 0 Å². The largest absolute Gasteiger partial charge is 0.352 e. The van der Waals surface area contributed by atoms with Gasteiger partial charge in [-0.25, -0.2) is 0 Å². The zero-order valence-electron chi connectivity index (χ0n) is 19.8. The predicted octanol–water partition coefficient (Wildman–Crippen LogP) is 1.17. The van der Waals surface area contributed by atoms with Crippen LogP contribution in [0.15, 0.2) is 24.3 Å². The number of benzene rings is 1. The van der Waals surface area contributed by atoms with Crippen LogP contribution in [-0.2, 0) is 16.1 Å². The van der Waals surface area contributed by atoms with E-state index in [9.17, 15) is 14.4 Å². The number of piperidine rings is 1. The summed E-state index contributed by atoms with van der Waals surface area (Å²) in [5.74, 6) is 0.0224. The molecular weight excluding hydrogens is 418 g/mol. The van der Waals surface area contributed by atoms with Gasteiger partial charge in [-0.2, -0.15) is 0 Å². The van der Waals surface area contributed by atoms with Gasteiger partial charge in [-0.05, 0) is 56.5 Å². The van der Waals surface area contributed by atoms with E-state index in [1.165, 1.54) is 0 Å². The highest BCUT2D eigenvalue weighted by molar-refractivity contribution is 5.95. The van der Waals surface area contributed by atoms with Gasteiger partial charge < -0.3 is 24.9 Å². The number of rotatable bonds is 8. The molecule has 8 nitrogen and oxygen atoms in total. The Morgan fingerprint density at radius 3 is 2.45 bits per heavy atom. The van der Waals surface area contributed by atoms with E-state index < -0.39 is 0 Å². The summed E-state index contributed by atoms with van der Waals surface area (Å²) in [7, 11) is 0. The van der Waals surface area contributed by atoms with Crippen LogP contribution < -0.4 is 5.32 Å². The minimum atomic E-state index is -0.291. The minimum absolute atomic E-state index is 0.0440. The van der Waals surface area contributed by atoms with Crippen molar-refractivity contribution in [1.82, 2.24) is 24.9 Å². The van der Waals surface area contributed by atoms with Crippen molar-refractivity contribution in [2.24, 2.45) is 0 Å². The SMILES string of the molecule is CCN1CCN(CCCNC(=O)c2ccc(CN3CC(=O)N4CCCC[C@@H]4C3=O)cc2)CC1. The third-order valence-corrected chi connectivity index (χ3v) is 7.18. The summed E-state index contributed by atoms with van der Waals surface area (Å²) in [6, 6.07) is 7.08. The highest BCUT2D eigenvalue weighted by atomic mass is 16.2. The molecule has 0 aliphatic carbocycles. The van der Waals surface area contributed by atoms with E-state index in [1.807, 2.05) is 12.1 Å². The van der Waals surface area contributed by atoms with E-state index in [-0.39, 0.29) is 30.3 Å². The molecule has 1 aromatic carbocycles. The molecule has 0 bridgehead atoms. The number of carbonyl (C=O) groups excluding carboxylic acids is 3. The molecule has 1 aromatic rings. The van der Waals surface area contributed by atoms with E-state index in [4.69, 9.17) is 0 Å². The summed E-state index contributed by atoms with van der Waals surface area (Å²) in [6.07, 6.45) is 3.68.